The van der Waals surface area contributed by atoms with Crippen LogP contribution in [0.2, 0.25) is 0 Å². The van der Waals surface area contributed by atoms with Crippen LogP contribution in [0.25, 0.3) is 11.0 Å². The first-order valence-electron chi connectivity index (χ1n) is 12.7. The fourth-order valence-electron chi connectivity index (χ4n) is 6.83. The summed E-state index contributed by atoms with van der Waals surface area (Å²) >= 11 is 1.54. The van der Waals surface area contributed by atoms with Crippen molar-refractivity contribution in [2.75, 3.05) is 11.9 Å². The van der Waals surface area contributed by atoms with Gasteiger partial charge in [-0.15, -0.1) is 11.3 Å². The maximum Gasteiger partial charge on any atom is 0.341 e. The van der Waals surface area contributed by atoms with Crippen molar-refractivity contribution < 1.29 is 14.3 Å². The first kappa shape index (κ1) is 22.7. The highest BCUT2D eigenvalue weighted by Crippen LogP contribution is 2.70. The molecule has 3 aliphatic carbocycles. The molecule has 1 N–H and O–H groups in total. The average Bonchev–Trinajstić information content (AvgIpc) is 3.35. The van der Waals surface area contributed by atoms with Crippen molar-refractivity contribution in [2.45, 2.75) is 77.0 Å². The molecule has 182 valence electrons. The third-order valence-electron chi connectivity index (χ3n) is 9.21. The Balaban J connectivity index is 1.48. The van der Waals surface area contributed by atoms with Gasteiger partial charge in [-0.2, -0.15) is 0 Å². The number of rotatable bonds is 4. The highest BCUT2D eigenvalue weighted by molar-refractivity contribution is 7.17. The fraction of sp³-hybridized carbons (Fsp3) is 0.500. The number of benzene rings is 1. The van der Waals surface area contributed by atoms with Crippen molar-refractivity contribution in [3.05, 3.63) is 51.7 Å². The molecule has 1 amide bonds. The van der Waals surface area contributed by atoms with E-state index in [9.17, 15) is 9.59 Å². The van der Waals surface area contributed by atoms with Crippen LogP contribution >= 0.6 is 11.3 Å². The van der Waals surface area contributed by atoms with Gasteiger partial charge in [0.05, 0.1) is 40.0 Å². The fourth-order valence-corrected chi connectivity index (χ4v) is 8.10. The number of nitrogens with one attached hydrogen (secondary N) is 1. The second-order valence-electron chi connectivity index (χ2n) is 10.9. The van der Waals surface area contributed by atoms with Crippen LogP contribution in [0.4, 0.5) is 5.00 Å². The number of ether oxygens (including phenoxy) is 1. The summed E-state index contributed by atoms with van der Waals surface area (Å²) in [4.78, 5) is 38.7. The van der Waals surface area contributed by atoms with E-state index in [-0.39, 0.29) is 22.7 Å². The summed E-state index contributed by atoms with van der Waals surface area (Å²) in [5.41, 5.74) is 3.57. The number of esters is 1. The van der Waals surface area contributed by atoms with E-state index in [1.54, 1.807) is 11.3 Å². The molecule has 1 saturated carbocycles. The van der Waals surface area contributed by atoms with Gasteiger partial charge >= 0.3 is 5.97 Å². The first-order valence-corrected chi connectivity index (χ1v) is 13.5. The lowest BCUT2D eigenvalue weighted by Gasteiger charge is -2.39. The molecule has 2 heterocycles. The maximum absolute atomic E-state index is 14.4. The molecule has 3 aliphatic rings. The van der Waals surface area contributed by atoms with Crippen molar-refractivity contribution in [2.24, 2.45) is 5.41 Å². The van der Waals surface area contributed by atoms with Crippen LogP contribution < -0.4 is 5.32 Å². The molecule has 7 heteroatoms. The number of hydrogen-bond acceptors (Lipinski definition) is 6. The summed E-state index contributed by atoms with van der Waals surface area (Å²) in [6, 6.07) is 7.88. The SMILES string of the molecule is CCOC(=O)c1c(NC(=O)[C@@]23CC[C@@](C)(c4nc5ccccc5nc42)C3(C)C)sc2c1CCCC2. The minimum Gasteiger partial charge on any atom is -0.462 e. The Morgan fingerprint density at radius 1 is 1.03 bits per heavy atom. The van der Waals surface area contributed by atoms with Gasteiger partial charge in [0.15, 0.2) is 0 Å². The Bertz CT molecular complexity index is 1390. The first-order chi connectivity index (χ1) is 16.7. The molecule has 3 aromatic rings. The predicted molar refractivity (Wildman–Crippen MR) is 137 cm³/mol. The minimum atomic E-state index is -0.815. The van der Waals surface area contributed by atoms with Crippen LogP contribution in [0.15, 0.2) is 24.3 Å². The molecule has 2 atom stereocenters. The average molecular weight is 490 g/mol. The van der Waals surface area contributed by atoms with Gasteiger partial charge in [-0.3, -0.25) is 4.79 Å². The zero-order valence-electron chi connectivity index (χ0n) is 20.8. The number of fused-ring (bicyclic) bond motifs is 7. The summed E-state index contributed by atoms with van der Waals surface area (Å²) in [5, 5.41) is 3.87. The van der Waals surface area contributed by atoms with E-state index in [1.807, 2.05) is 31.2 Å². The molecule has 6 rings (SSSR count). The quantitative estimate of drug-likeness (QED) is 0.475. The van der Waals surface area contributed by atoms with Gasteiger partial charge in [0.25, 0.3) is 0 Å². The summed E-state index contributed by atoms with van der Waals surface area (Å²) in [7, 11) is 0. The second kappa shape index (κ2) is 7.60. The van der Waals surface area contributed by atoms with Gasteiger partial charge in [-0.1, -0.05) is 32.9 Å². The van der Waals surface area contributed by atoms with Crippen LogP contribution in [-0.4, -0.2) is 28.5 Å². The van der Waals surface area contributed by atoms with Gasteiger partial charge in [0.1, 0.15) is 5.00 Å². The number of nitrogens with zero attached hydrogens (tertiary/aromatic N) is 2. The number of carbonyl (C=O) groups is 2. The predicted octanol–water partition coefficient (Wildman–Crippen LogP) is 5.71. The minimum absolute atomic E-state index is 0.0845. The monoisotopic (exact) mass is 489 g/mol. The number of anilines is 1. The van der Waals surface area contributed by atoms with E-state index in [1.165, 1.54) is 4.88 Å². The lowest BCUT2D eigenvalue weighted by Crippen LogP contribution is -2.48. The van der Waals surface area contributed by atoms with Gasteiger partial charge in [-0.05, 0) is 68.6 Å². The van der Waals surface area contributed by atoms with Gasteiger partial charge in [0.2, 0.25) is 5.91 Å². The Morgan fingerprint density at radius 3 is 2.43 bits per heavy atom. The molecule has 1 fully saturated rings. The van der Waals surface area contributed by atoms with Crippen molar-refractivity contribution in [3.63, 3.8) is 0 Å². The Morgan fingerprint density at radius 2 is 1.71 bits per heavy atom. The number of aryl methyl sites for hydroxylation is 1. The van der Waals surface area contributed by atoms with E-state index in [2.05, 4.69) is 26.1 Å². The Hall–Kier alpha value is -2.80. The molecule has 6 nitrogen and oxygen atoms in total. The third-order valence-corrected chi connectivity index (χ3v) is 10.4. The van der Waals surface area contributed by atoms with Crippen LogP contribution in [0.1, 0.15) is 85.6 Å². The summed E-state index contributed by atoms with van der Waals surface area (Å²) in [6.07, 6.45) is 5.53. The highest BCUT2D eigenvalue weighted by Gasteiger charge is 2.73. The molecule has 0 aliphatic heterocycles. The van der Waals surface area contributed by atoms with E-state index in [0.29, 0.717) is 23.6 Å². The molecule has 2 bridgehead atoms. The highest BCUT2D eigenvalue weighted by atomic mass is 32.1. The maximum atomic E-state index is 14.4. The summed E-state index contributed by atoms with van der Waals surface area (Å²) in [5.74, 6) is -0.425. The van der Waals surface area contributed by atoms with Crippen molar-refractivity contribution in [1.29, 1.82) is 0 Å². The van der Waals surface area contributed by atoms with E-state index >= 15 is 0 Å². The molecule has 0 radical (unpaired) electrons. The van der Waals surface area contributed by atoms with Crippen molar-refractivity contribution in [3.8, 4) is 0 Å². The van der Waals surface area contributed by atoms with Crippen LogP contribution in [0.5, 0.6) is 0 Å². The molecule has 0 spiro atoms. The van der Waals surface area contributed by atoms with E-state index < -0.39 is 5.41 Å². The number of amides is 1. The lowest BCUT2D eigenvalue weighted by molar-refractivity contribution is -0.125. The topological polar surface area (TPSA) is 81.2 Å². The van der Waals surface area contributed by atoms with Crippen LogP contribution in [-0.2, 0) is 33.2 Å². The zero-order chi connectivity index (χ0) is 24.6. The zero-order valence-corrected chi connectivity index (χ0v) is 21.6. The number of carbonyl (C=O) groups excluding carboxylic acids is 2. The van der Waals surface area contributed by atoms with E-state index in [4.69, 9.17) is 14.7 Å². The molecule has 2 aromatic heterocycles. The van der Waals surface area contributed by atoms with Crippen LogP contribution in [0.3, 0.4) is 0 Å². The normalized spacial score (nSPS) is 25.8. The Labute approximate surface area is 209 Å². The lowest BCUT2D eigenvalue weighted by atomic mass is 9.63. The molecular formula is C28H31N3O3S. The Kier molecular flexibility index (Phi) is 4.92. The molecular weight excluding hydrogens is 458 g/mol. The second-order valence-corrected chi connectivity index (χ2v) is 12.0. The van der Waals surface area contributed by atoms with Crippen LogP contribution in [0, 0.1) is 5.41 Å². The van der Waals surface area contributed by atoms with Gasteiger partial charge in [0, 0.05) is 10.3 Å². The number of thiophene rings is 1. The molecule has 0 unspecified atom stereocenters. The van der Waals surface area contributed by atoms with Gasteiger partial charge < -0.3 is 10.1 Å². The smallest absolute Gasteiger partial charge is 0.341 e. The summed E-state index contributed by atoms with van der Waals surface area (Å²) < 4.78 is 5.42. The van der Waals surface area contributed by atoms with E-state index in [0.717, 1.165) is 60.1 Å². The van der Waals surface area contributed by atoms with Crippen molar-refractivity contribution in [1.82, 2.24) is 9.97 Å². The molecule has 0 saturated heterocycles. The molecule has 1 aromatic carbocycles. The summed E-state index contributed by atoms with van der Waals surface area (Å²) in [6.45, 7) is 8.71. The number of para-hydroxylation sites is 2. The van der Waals surface area contributed by atoms with Gasteiger partial charge in [-0.25, -0.2) is 14.8 Å². The standard InChI is InChI=1S/C28H31N3O3S/c1-5-34-24(32)20-16-10-6-9-13-19(16)35-23(20)31-25(33)28-15-14-27(4,26(28,2)3)21-22(28)30-18-12-8-7-11-17(18)29-21/h7-8,11-12H,5-6,9-10,13-15H2,1-4H3,(H,31,33)/t27-,28+/m0/s1. The molecule has 35 heavy (non-hydrogen) atoms. The number of aromatic nitrogens is 2. The largest absolute Gasteiger partial charge is 0.462 e. The third kappa shape index (κ3) is 2.82. The number of hydrogen-bond donors (Lipinski definition) is 1. The van der Waals surface area contributed by atoms with Crippen molar-refractivity contribution >= 4 is 39.2 Å².